The number of nitrogens with one attached hydrogen (secondary N) is 1. The number of aromatic nitrogens is 1. The Morgan fingerprint density at radius 1 is 1.06 bits per heavy atom. The second-order valence-electron chi connectivity index (χ2n) is 8.15. The van der Waals surface area contributed by atoms with Crippen LogP contribution < -0.4 is 10.1 Å². The Bertz CT molecular complexity index is 1170. The predicted octanol–water partition coefficient (Wildman–Crippen LogP) is 5.43. The highest BCUT2D eigenvalue weighted by molar-refractivity contribution is 9.10. The molecule has 1 fully saturated rings. The van der Waals surface area contributed by atoms with Crippen molar-refractivity contribution in [3.05, 3.63) is 87.7 Å². The number of pyridine rings is 1. The summed E-state index contributed by atoms with van der Waals surface area (Å²) in [6.45, 7) is 3.18. The van der Waals surface area contributed by atoms with E-state index in [1.165, 1.54) is 0 Å². The van der Waals surface area contributed by atoms with Crippen molar-refractivity contribution in [1.82, 2.24) is 9.88 Å². The van der Waals surface area contributed by atoms with Crippen molar-refractivity contribution < 1.29 is 14.3 Å². The molecular weight excluding hydrogens is 482 g/mol. The minimum absolute atomic E-state index is 0.0305. The van der Waals surface area contributed by atoms with Crippen molar-refractivity contribution >= 4 is 33.4 Å². The molecule has 1 saturated heterocycles. The number of carbonyl (C=O) groups excluding carboxylic acids is 2. The summed E-state index contributed by atoms with van der Waals surface area (Å²) in [6.07, 6.45) is 1.52. The number of nitrogens with zero attached hydrogens (tertiary/aromatic N) is 2. The van der Waals surface area contributed by atoms with E-state index < -0.39 is 0 Å². The highest BCUT2D eigenvalue weighted by Gasteiger charge is 2.28. The first-order chi connectivity index (χ1) is 15.9. The number of hydrogen-bond donors (Lipinski definition) is 1. The molecule has 0 radical (unpaired) electrons. The lowest BCUT2D eigenvalue weighted by Crippen LogP contribution is -2.38. The van der Waals surface area contributed by atoms with E-state index in [0.717, 1.165) is 28.7 Å². The number of rotatable bonds is 5. The molecular formula is C26H26BrN3O3. The predicted molar refractivity (Wildman–Crippen MR) is 132 cm³/mol. The van der Waals surface area contributed by atoms with Crippen molar-refractivity contribution in [3.8, 4) is 5.75 Å². The Hall–Kier alpha value is -3.19. The molecule has 1 N–H and O–H groups in total. The van der Waals surface area contributed by atoms with Gasteiger partial charge in [-0.05, 0) is 62.2 Å². The van der Waals surface area contributed by atoms with Crippen LogP contribution in [0.1, 0.15) is 50.9 Å². The van der Waals surface area contributed by atoms with E-state index in [4.69, 9.17) is 9.72 Å². The molecule has 0 saturated carbocycles. The fourth-order valence-electron chi connectivity index (χ4n) is 4.14. The molecule has 170 valence electrons. The topological polar surface area (TPSA) is 71.5 Å². The Morgan fingerprint density at radius 3 is 2.55 bits per heavy atom. The van der Waals surface area contributed by atoms with Crippen LogP contribution >= 0.6 is 15.9 Å². The number of aryl methyl sites for hydroxylation is 1. The van der Waals surface area contributed by atoms with Gasteiger partial charge in [0.05, 0.1) is 18.4 Å². The van der Waals surface area contributed by atoms with Crippen LogP contribution in [0, 0.1) is 6.92 Å². The summed E-state index contributed by atoms with van der Waals surface area (Å²) in [7, 11) is 1.59. The number of piperidine rings is 1. The highest BCUT2D eigenvalue weighted by atomic mass is 79.9. The summed E-state index contributed by atoms with van der Waals surface area (Å²) in [5.41, 5.74) is 3.58. The number of carbonyl (C=O) groups is 2. The SMILES string of the molecule is COc1cccc(NC(=O)c2ccc(C)nc2C2CCN(C(=O)c3cccc(Br)c3)CC2)c1. The zero-order valence-electron chi connectivity index (χ0n) is 18.7. The molecule has 7 heteroatoms. The standard InChI is InChI=1S/C26H26BrN3O3/c1-17-9-10-23(25(31)29-21-7-4-8-22(16-21)33-2)24(28-17)18-11-13-30(14-12-18)26(32)19-5-3-6-20(27)15-19/h3-10,15-16,18H,11-14H2,1-2H3,(H,29,31). The van der Waals surface area contributed by atoms with Gasteiger partial charge in [0, 0.05) is 46.5 Å². The third kappa shape index (κ3) is 5.42. The minimum atomic E-state index is -0.196. The van der Waals surface area contributed by atoms with Gasteiger partial charge in [-0.25, -0.2) is 0 Å². The second-order valence-corrected chi connectivity index (χ2v) is 9.06. The van der Waals surface area contributed by atoms with Gasteiger partial charge in [-0.2, -0.15) is 0 Å². The molecule has 6 nitrogen and oxygen atoms in total. The summed E-state index contributed by atoms with van der Waals surface area (Å²) in [5.74, 6) is 0.626. The average Bonchev–Trinajstić information content (AvgIpc) is 2.83. The normalized spacial score (nSPS) is 14.1. The van der Waals surface area contributed by atoms with Crippen LogP contribution in [0.5, 0.6) is 5.75 Å². The first-order valence-corrected chi connectivity index (χ1v) is 11.7. The summed E-state index contributed by atoms with van der Waals surface area (Å²) >= 11 is 3.43. The van der Waals surface area contributed by atoms with Crippen LogP contribution in [0.4, 0.5) is 5.69 Å². The van der Waals surface area contributed by atoms with Gasteiger partial charge in [0.25, 0.3) is 11.8 Å². The number of amides is 2. The molecule has 0 spiro atoms. The molecule has 2 heterocycles. The molecule has 33 heavy (non-hydrogen) atoms. The Labute approximate surface area is 202 Å². The number of benzene rings is 2. The van der Waals surface area contributed by atoms with E-state index in [-0.39, 0.29) is 17.7 Å². The van der Waals surface area contributed by atoms with Crippen molar-refractivity contribution in [3.63, 3.8) is 0 Å². The van der Waals surface area contributed by atoms with Gasteiger partial charge in [0.2, 0.25) is 0 Å². The Kier molecular flexibility index (Phi) is 7.08. The van der Waals surface area contributed by atoms with Crippen LogP contribution in [0.25, 0.3) is 0 Å². The number of halogens is 1. The van der Waals surface area contributed by atoms with Gasteiger partial charge in [-0.15, -0.1) is 0 Å². The summed E-state index contributed by atoms with van der Waals surface area (Å²) < 4.78 is 6.13. The average molecular weight is 508 g/mol. The first kappa shape index (κ1) is 23.0. The lowest BCUT2D eigenvalue weighted by atomic mass is 9.89. The van der Waals surface area contributed by atoms with Crippen molar-refractivity contribution in [2.24, 2.45) is 0 Å². The monoisotopic (exact) mass is 507 g/mol. The number of likely N-dealkylation sites (tertiary alicyclic amines) is 1. The van der Waals surface area contributed by atoms with Crippen molar-refractivity contribution in [1.29, 1.82) is 0 Å². The lowest BCUT2D eigenvalue weighted by molar-refractivity contribution is 0.0711. The smallest absolute Gasteiger partial charge is 0.257 e. The number of hydrogen-bond acceptors (Lipinski definition) is 4. The van der Waals surface area contributed by atoms with Gasteiger partial charge in [-0.1, -0.05) is 28.1 Å². The number of methoxy groups -OCH3 is 1. The summed E-state index contributed by atoms with van der Waals surface area (Å²) in [4.78, 5) is 32.6. The van der Waals surface area contributed by atoms with E-state index in [2.05, 4.69) is 21.2 Å². The molecule has 0 aliphatic carbocycles. The van der Waals surface area contributed by atoms with Gasteiger partial charge in [0.1, 0.15) is 5.75 Å². The van der Waals surface area contributed by atoms with Gasteiger partial charge in [0.15, 0.2) is 0 Å². The summed E-state index contributed by atoms with van der Waals surface area (Å²) in [5, 5.41) is 2.96. The van der Waals surface area contributed by atoms with Crippen LogP contribution in [-0.4, -0.2) is 41.9 Å². The maximum absolute atomic E-state index is 13.1. The van der Waals surface area contributed by atoms with Crippen molar-refractivity contribution in [2.45, 2.75) is 25.7 Å². The fourth-order valence-corrected chi connectivity index (χ4v) is 4.54. The van der Waals surface area contributed by atoms with Gasteiger partial charge < -0.3 is 15.0 Å². The van der Waals surface area contributed by atoms with Crippen LogP contribution in [-0.2, 0) is 0 Å². The molecule has 2 amide bonds. The zero-order chi connectivity index (χ0) is 23.4. The Balaban J connectivity index is 1.49. The van der Waals surface area contributed by atoms with Gasteiger partial charge in [-0.3, -0.25) is 14.6 Å². The largest absolute Gasteiger partial charge is 0.497 e. The highest BCUT2D eigenvalue weighted by Crippen LogP contribution is 2.31. The lowest BCUT2D eigenvalue weighted by Gasteiger charge is -2.32. The molecule has 4 rings (SSSR count). The van der Waals surface area contributed by atoms with E-state index in [1.54, 1.807) is 13.2 Å². The molecule has 1 aliphatic heterocycles. The van der Waals surface area contributed by atoms with Crippen molar-refractivity contribution in [2.75, 3.05) is 25.5 Å². The third-order valence-corrected chi connectivity index (χ3v) is 6.37. The maximum Gasteiger partial charge on any atom is 0.257 e. The molecule has 1 aliphatic rings. The Morgan fingerprint density at radius 2 is 1.82 bits per heavy atom. The quantitative estimate of drug-likeness (QED) is 0.499. The van der Waals surface area contributed by atoms with E-state index in [9.17, 15) is 9.59 Å². The molecule has 3 aromatic rings. The molecule has 0 atom stereocenters. The fraction of sp³-hybridized carbons (Fsp3) is 0.269. The van der Waals surface area contributed by atoms with Crippen LogP contribution in [0.15, 0.2) is 65.1 Å². The molecule has 0 unspecified atom stereocenters. The number of ether oxygens (including phenoxy) is 1. The van der Waals surface area contributed by atoms with E-state index >= 15 is 0 Å². The van der Waals surface area contributed by atoms with E-state index in [0.29, 0.717) is 35.7 Å². The van der Waals surface area contributed by atoms with Gasteiger partial charge >= 0.3 is 0 Å². The van der Waals surface area contributed by atoms with Crippen LogP contribution in [0.2, 0.25) is 0 Å². The van der Waals surface area contributed by atoms with E-state index in [1.807, 2.05) is 66.4 Å². The molecule has 0 bridgehead atoms. The zero-order valence-corrected chi connectivity index (χ0v) is 20.3. The second kappa shape index (κ2) is 10.2. The number of anilines is 1. The molecule has 1 aromatic heterocycles. The maximum atomic E-state index is 13.1. The first-order valence-electron chi connectivity index (χ1n) is 10.9. The molecule has 2 aromatic carbocycles. The third-order valence-electron chi connectivity index (χ3n) is 5.88. The van der Waals surface area contributed by atoms with Crippen LogP contribution in [0.3, 0.4) is 0 Å². The summed E-state index contributed by atoms with van der Waals surface area (Å²) in [6, 6.07) is 18.4. The minimum Gasteiger partial charge on any atom is -0.497 e.